The third kappa shape index (κ3) is 4.45. The second kappa shape index (κ2) is 7.03. The minimum atomic E-state index is -0.937. The van der Waals surface area contributed by atoms with Gasteiger partial charge in [-0.2, -0.15) is 0 Å². The van der Waals surface area contributed by atoms with Crippen molar-refractivity contribution in [3.8, 4) is 0 Å². The van der Waals surface area contributed by atoms with Gasteiger partial charge in [0.2, 0.25) is 0 Å². The lowest BCUT2D eigenvalue weighted by molar-refractivity contribution is -0.227. The summed E-state index contributed by atoms with van der Waals surface area (Å²) in [6.45, 7) is 5.35. The van der Waals surface area contributed by atoms with Gasteiger partial charge in [0.1, 0.15) is 0 Å². The molecular formula is C12H17BrO7. The Kier molecular flexibility index (Phi) is 5.94. The van der Waals surface area contributed by atoms with E-state index in [2.05, 4.69) is 15.9 Å². The monoisotopic (exact) mass is 352 g/mol. The highest BCUT2D eigenvalue weighted by molar-refractivity contribution is 9.09. The quantitative estimate of drug-likeness (QED) is 0.424. The van der Waals surface area contributed by atoms with Gasteiger partial charge >= 0.3 is 17.9 Å². The van der Waals surface area contributed by atoms with Gasteiger partial charge in [-0.3, -0.25) is 14.4 Å². The molecular weight excluding hydrogens is 336 g/mol. The van der Waals surface area contributed by atoms with Crippen LogP contribution in [0.2, 0.25) is 0 Å². The average Bonchev–Trinajstić information content (AvgIpc) is 2.27. The molecule has 0 aliphatic carbocycles. The van der Waals surface area contributed by atoms with Gasteiger partial charge in [0.25, 0.3) is 0 Å². The molecule has 8 heteroatoms. The fraction of sp³-hybridized carbons (Fsp3) is 0.750. The van der Waals surface area contributed by atoms with Crippen LogP contribution in [0.5, 0.6) is 0 Å². The molecule has 1 fully saturated rings. The Morgan fingerprint density at radius 3 is 1.70 bits per heavy atom. The summed E-state index contributed by atoms with van der Waals surface area (Å²) >= 11 is 3.22. The van der Waals surface area contributed by atoms with E-state index in [1.807, 2.05) is 0 Å². The summed E-state index contributed by atoms with van der Waals surface area (Å²) in [7, 11) is 0. The zero-order chi connectivity index (χ0) is 15.4. The molecule has 0 amide bonds. The normalized spacial score (nSPS) is 33.1. The molecule has 0 aromatic rings. The zero-order valence-electron chi connectivity index (χ0n) is 11.6. The number of carbonyl (C=O) groups is 3. The van der Waals surface area contributed by atoms with E-state index in [1.165, 1.54) is 20.8 Å². The molecule has 20 heavy (non-hydrogen) atoms. The Morgan fingerprint density at radius 1 is 0.850 bits per heavy atom. The second-order valence-electron chi connectivity index (χ2n) is 4.41. The van der Waals surface area contributed by atoms with Crippen molar-refractivity contribution >= 4 is 33.8 Å². The van der Waals surface area contributed by atoms with Gasteiger partial charge in [0.05, 0.1) is 6.10 Å². The number of hydrogen-bond acceptors (Lipinski definition) is 7. The fourth-order valence-corrected chi connectivity index (χ4v) is 2.70. The summed E-state index contributed by atoms with van der Waals surface area (Å²) in [6.07, 6.45) is -3.22. The first kappa shape index (κ1) is 16.9. The maximum absolute atomic E-state index is 11.2. The van der Waals surface area contributed by atoms with E-state index >= 15 is 0 Å². The van der Waals surface area contributed by atoms with Crippen molar-refractivity contribution in [3.63, 3.8) is 0 Å². The number of alkyl halides is 1. The molecule has 114 valence electrons. The highest BCUT2D eigenvalue weighted by atomic mass is 79.9. The number of ether oxygens (including phenoxy) is 4. The lowest BCUT2D eigenvalue weighted by Crippen LogP contribution is -2.59. The van der Waals surface area contributed by atoms with Crippen molar-refractivity contribution in [2.24, 2.45) is 0 Å². The first-order valence-corrected chi connectivity index (χ1v) is 6.95. The predicted molar refractivity (Wildman–Crippen MR) is 69.9 cm³/mol. The number of hydrogen-bond donors (Lipinski definition) is 0. The van der Waals surface area contributed by atoms with E-state index in [4.69, 9.17) is 18.9 Å². The van der Waals surface area contributed by atoms with E-state index in [1.54, 1.807) is 6.92 Å². The summed E-state index contributed by atoms with van der Waals surface area (Å²) < 4.78 is 20.9. The third-order valence-corrected chi connectivity index (χ3v) is 3.36. The lowest BCUT2D eigenvalue weighted by atomic mass is 10.00. The Balaban J connectivity index is 3.01. The minimum Gasteiger partial charge on any atom is -0.456 e. The maximum Gasteiger partial charge on any atom is 0.303 e. The molecule has 0 spiro atoms. The number of carbonyl (C=O) groups excluding carboxylic acids is 3. The summed E-state index contributed by atoms with van der Waals surface area (Å²) in [4.78, 5) is 33.5. The van der Waals surface area contributed by atoms with Crippen LogP contribution in [0.3, 0.4) is 0 Å². The van der Waals surface area contributed by atoms with Gasteiger partial charge in [-0.25, -0.2) is 0 Å². The molecule has 1 heterocycles. The molecule has 0 bridgehead atoms. The molecule has 5 atom stereocenters. The topological polar surface area (TPSA) is 88.1 Å². The van der Waals surface area contributed by atoms with Gasteiger partial charge in [-0.15, -0.1) is 0 Å². The molecule has 1 saturated heterocycles. The van der Waals surface area contributed by atoms with Crippen molar-refractivity contribution in [2.45, 2.75) is 57.1 Å². The molecule has 0 aromatic heterocycles. The van der Waals surface area contributed by atoms with Crippen LogP contribution in [0.25, 0.3) is 0 Å². The molecule has 1 rings (SSSR count). The number of rotatable bonds is 3. The van der Waals surface area contributed by atoms with Crippen LogP contribution in [0.4, 0.5) is 0 Å². The van der Waals surface area contributed by atoms with E-state index < -0.39 is 47.3 Å². The first-order chi connectivity index (χ1) is 9.22. The molecule has 1 aliphatic rings. The minimum absolute atomic E-state index is 0.528. The van der Waals surface area contributed by atoms with Crippen LogP contribution in [0.1, 0.15) is 27.7 Å². The summed E-state index contributed by atoms with van der Waals surface area (Å²) in [5, 5.41) is -0.669. The van der Waals surface area contributed by atoms with Crippen molar-refractivity contribution < 1.29 is 33.3 Å². The Hall–Kier alpha value is -1.15. The van der Waals surface area contributed by atoms with Crippen molar-refractivity contribution in [2.75, 3.05) is 0 Å². The molecule has 0 radical (unpaired) electrons. The molecule has 1 unspecified atom stereocenters. The smallest absolute Gasteiger partial charge is 0.303 e. The van der Waals surface area contributed by atoms with E-state index in [0.29, 0.717) is 0 Å². The van der Waals surface area contributed by atoms with Crippen LogP contribution >= 0.6 is 15.9 Å². The predicted octanol–water partition coefficient (Wildman–Crippen LogP) is 0.921. The highest BCUT2D eigenvalue weighted by Crippen LogP contribution is 2.31. The van der Waals surface area contributed by atoms with Crippen LogP contribution in [-0.4, -0.2) is 47.3 Å². The van der Waals surface area contributed by atoms with Gasteiger partial charge in [0.15, 0.2) is 23.3 Å². The standard InChI is InChI=1S/C12H17BrO7/c1-5-9(18-6(2)14)10(19-7(3)15)11(12(13)17-5)20-8(4)16/h5,9-12H,1-4H3/t5-,9+,10-,11+,12?/m0/s1. The SMILES string of the molecule is CC(=O)O[C@H]1[C@H](OC(C)=O)[C@@H](OC(C)=O)C(Br)O[C@H]1C. The molecule has 7 nitrogen and oxygen atoms in total. The Labute approximate surface area is 125 Å². The largest absolute Gasteiger partial charge is 0.456 e. The zero-order valence-corrected chi connectivity index (χ0v) is 13.2. The van der Waals surface area contributed by atoms with Crippen LogP contribution in [0, 0.1) is 0 Å². The third-order valence-electron chi connectivity index (χ3n) is 2.62. The Morgan fingerprint density at radius 2 is 1.25 bits per heavy atom. The van der Waals surface area contributed by atoms with Gasteiger partial charge in [-0.1, -0.05) is 15.9 Å². The molecule has 0 N–H and O–H groups in total. The van der Waals surface area contributed by atoms with Crippen LogP contribution < -0.4 is 0 Å². The maximum atomic E-state index is 11.2. The first-order valence-electron chi connectivity index (χ1n) is 6.03. The van der Waals surface area contributed by atoms with Crippen molar-refractivity contribution in [3.05, 3.63) is 0 Å². The fourth-order valence-electron chi connectivity index (χ4n) is 1.96. The summed E-state index contributed by atoms with van der Waals surface area (Å²) in [5.74, 6) is -1.67. The van der Waals surface area contributed by atoms with Crippen molar-refractivity contribution in [1.82, 2.24) is 0 Å². The molecule has 1 aliphatic heterocycles. The van der Waals surface area contributed by atoms with E-state index in [9.17, 15) is 14.4 Å². The van der Waals surface area contributed by atoms with Gasteiger partial charge in [0, 0.05) is 20.8 Å². The molecule has 0 saturated carbocycles. The van der Waals surface area contributed by atoms with Crippen molar-refractivity contribution in [1.29, 1.82) is 0 Å². The lowest BCUT2D eigenvalue weighted by Gasteiger charge is -2.41. The number of esters is 3. The second-order valence-corrected chi connectivity index (χ2v) is 5.32. The highest BCUT2D eigenvalue weighted by Gasteiger charge is 2.49. The van der Waals surface area contributed by atoms with Crippen LogP contribution in [-0.2, 0) is 33.3 Å². The van der Waals surface area contributed by atoms with Gasteiger partial charge in [-0.05, 0) is 6.92 Å². The summed E-state index contributed by atoms with van der Waals surface area (Å²) in [6, 6.07) is 0. The van der Waals surface area contributed by atoms with E-state index in [-0.39, 0.29) is 0 Å². The summed E-state index contributed by atoms with van der Waals surface area (Å²) in [5.41, 5.74) is 0. The van der Waals surface area contributed by atoms with E-state index in [0.717, 1.165) is 0 Å². The Bertz CT molecular complexity index is 369. The molecule has 0 aromatic carbocycles. The van der Waals surface area contributed by atoms with Crippen LogP contribution in [0.15, 0.2) is 0 Å². The van der Waals surface area contributed by atoms with Gasteiger partial charge < -0.3 is 18.9 Å². The number of halogens is 1. The average molecular weight is 353 g/mol.